The molecule has 196 valence electrons. The SMILES string of the molecule is c1ccc(-c2cc(-c3nc(-c4ccc5ccccc5c4)c4oc5ccccc5c4n3)c3c(c2)sc2ccccc23)cc1. The van der Waals surface area contributed by atoms with Gasteiger partial charge in [0, 0.05) is 36.7 Å². The fourth-order valence-corrected chi connectivity index (χ4v) is 7.24. The summed E-state index contributed by atoms with van der Waals surface area (Å²) in [5.41, 5.74) is 7.50. The van der Waals surface area contributed by atoms with E-state index in [0.29, 0.717) is 11.4 Å². The summed E-state index contributed by atoms with van der Waals surface area (Å²) in [5, 5.41) is 5.76. The number of furan rings is 1. The highest BCUT2D eigenvalue weighted by molar-refractivity contribution is 7.26. The zero-order valence-corrected chi connectivity index (χ0v) is 23.2. The maximum atomic E-state index is 6.45. The van der Waals surface area contributed by atoms with Crippen LogP contribution in [0.1, 0.15) is 0 Å². The van der Waals surface area contributed by atoms with Crippen LogP contribution in [0.25, 0.3) is 86.8 Å². The van der Waals surface area contributed by atoms with Crippen molar-refractivity contribution >= 4 is 64.4 Å². The fraction of sp³-hybridized carbons (Fsp3) is 0. The maximum Gasteiger partial charge on any atom is 0.180 e. The van der Waals surface area contributed by atoms with Crippen LogP contribution in [0.4, 0.5) is 0 Å². The molecule has 0 aliphatic rings. The average Bonchev–Trinajstić information content (AvgIpc) is 3.62. The van der Waals surface area contributed by atoms with Gasteiger partial charge in [-0.2, -0.15) is 0 Å². The maximum absolute atomic E-state index is 6.45. The highest BCUT2D eigenvalue weighted by Gasteiger charge is 2.21. The number of aromatic nitrogens is 2. The Kier molecular flexibility index (Phi) is 5.07. The standard InChI is InChI=1S/C38H22N2OS/c1-2-10-23(11-3-1)27-21-30(34-29-15-7-9-17-32(29)42-33(34)22-27)38-39-35(26-19-18-24-12-4-5-13-25(24)20-26)37-36(40-38)28-14-6-8-16-31(28)41-37/h1-22H. The van der Waals surface area contributed by atoms with E-state index < -0.39 is 0 Å². The normalized spacial score (nSPS) is 11.8. The summed E-state index contributed by atoms with van der Waals surface area (Å²) < 4.78 is 8.93. The van der Waals surface area contributed by atoms with E-state index in [4.69, 9.17) is 14.4 Å². The Morgan fingerprint density at radius 2 is 1.29 bits per heavy atom. The first-order chi connectivity index (χ1) is 20.8. The lowest BCUT2D eigenvalue weighted by molar-refractivity contribution is 0.667. The Morgan fingerprint density at radius 3 is 2.19 bits per heavy atom. The van der Waals surface area contributed by atoms with Gasteiger partial charge in [0.1, 0.15) is 16.8 Å². The van der Waals surface area contributed by atoms with Crippen LogP contribution in [-0.2, 0) is 0 Å². The molecule has 0 radical (unpaired) electrons. The Morgan fingerprint density at radius 1 is 0.524 bits per heavy atom. The molecule has 0 aliphatic carbocycles. The van der Waals surface area contributed by atoms with Gasteiger partial charge in [-0.3, -0.25) is 0 Å². The fourth-order valence-electron chi connectivity index (χ4n) is 6.07. The molecule has 3 nitrogen and oxygen atoms in total. The predicted molar refractivity (Wildman–Crippen MR) is 176 cm³/mol. The van der Waals surface area contributed by atoms with Crippen molar-refractivity contribution in [2.75, 3.05) is 0 Å². The minimum absolute atomic E-state index is 0.698. The number of hydrogen-bond donors (Lipinski definition) is 0. The van der Waals surface area contributed by atoms with Gasteiger partial charge >= 0.3 is 0 Å². The molecule has 0 aliphatic heterocycles. The van der Waals surface area contributed by atoms with Crippen LogP contribution in [0.5, 0.6) is 0 Å². The summed E-state index contributed by atoms with van der Waals surface area (Å²) in [7, 11) is 0. The van der Waals surface area contributed by atoms with Crippen LogP contribution >= 0.6 is 11.3 Å². The molecule has 0 amide bonds. The molecule has 9 aromatic rings. The molecule has 0 N–H and O–H groups in total. The van der Waals surface area contributed by atoms with Crippen LogP contribution < -0.4 is 0 Å². The largest absolute Gasteiger partial charge is 0.452 e. The van der Waals surface area contributed by atoms with Gasteiger partial charge in [-0.1, -0.05) is 97.1 Å². The first-order valence-corrected chi connectivity index (χ1v) is 14.8. The molecule has 4 heteroatoms. The van der Waals surface area contributed by atoms with Crippen molar-refractivity contribution in [2.24, 2.45) is 0 Å². The molecule has 0 unspecified atom stereocenters. The zero-order chi connectivity index (χ0) is 27.6. The van der Waals surface area contributed by atoms with Crippen LogP contribution in [0.2, 0.25) is 0 Å². The second-order valence-corrected chi connectivity index (χ2v) is 11.7. The minimum Gasteiger partial charge on any atom is -0.452 e. The Hall–Kier alpha value is -5.32. The minimum atomic E-state index is 0.698. The van der Waals surface area contributed by atoms with Crippen molar-refractivity contribution < 1.29 is 4.42 Å². The lowest BCUT2D eigenvalue weighted by atomic mass is 9.98. The van der Waals surface area contributed by atoms with Crippen molar-refractivity contribution in [1.82, 2.24) is 9.97 Å². The number of thiophene rings is 1. The molecular weight excluding hydrogens is 532 g/mol. The number of benzene rings is 6. The van der Waals surface area contributed by atoms with E-state index in [0.717, 1.165) is 44.3 Å². The summed E-state index contributed by atoms with van der Waals surface area (Å²) in [6, 6.07) is 46.7. The number of hydrogen-bond acceptors (Lipinski definition) is 4. The van der Waals surface area contributed by atoms with E-state index in [1.54, 1.807) is 0 Å². The first kappa shape index (κ1) is 23.4. The molecule has 3 heterocycles. The smallest absolute Gasteiger partial charge is 0.180 e. The van der Waals surface area contributed by atoms with Gasteiger partial charge in [-0.05, 0) is 58.3 Å². The molecule has 9 rings (SSSR count). The first-order valence-electron chi connectivity index (χ1n) is 14.0. The number of fused-ring (bicyclic) bond motifs is 7. The third-order valence-corrected chi connectivity index (χ3v) is 9.19. The number of para-hydroxylation sites is 1. The predicted octanol–water partition coefficient (Wildman–Crippen LogP) is 10.9. The summed E-state index contributed by atoms with van der Waals surface area (Å²) >= 11 is 1.82. The van der Waals surface area contributed by atoms with E-state index in [2.05, 4.69) is 115 Å². The molecule has 3 aromatic heterocycles. The van der Waals surface area contributed by atoms with Gasteiger partial charge in [0.25, 0.3) is 0 Å². The Bertz CT molecular complexity index is 2470. The topological polar surface area (TPSA) is 38.9 Å². The molecule has 42 heavy (non-hydrogen) atoms. The lowest BCUT2D eigenvalue weighted by Crippen LogP contribution is -1.95. The third kappa shape index (κ3) is 3.59. The Balaban J connectivity index is 1.41. The molecule has 6 aromatic carbocycles. The van der Waals surface area contributed by atoms with Gasteiger partial charge in [0.05, 0.1) is 0 Å². The molecule has 0 fully saturated rings. The summed E-state index contributed by atoms with van der Waals surface area (Å²) in [6.07, 6.45) is 0. The molecule has 0 spiro atoms. The van der Waals surface area contributed by atoms with Gasteiger partial charge in [0.2, 0.25) is 0 Å². The van der Waals surface area contributed by atoms with Crippen LogP contribution in [0.15, 0.2) is 138 Å². The highest BCUT2D eigenvalue weighted by Crippen LogP contribution is 2.44. The quantitative estimate of drug-likeness (QED) is 0.218. The molecule has 0 saturated heterocycles. The average molecular weight is 555 g/mol. The van der Waals surface area contributed by atoms with Crippen molar-refractivity contribution in [3.63, 3.8) is 0 Å². The summed E-state index contributed by atoms with van der Waals surface area (Å²) in [6.45, 7) is 0. The van der Waals surface area contributed by atoms with Crippen molar-refractivity contribution in [2.45, 2.75) is 0 Å². The number of nitrogens with zero attached hydrogens (tertiary/aromatic N) is 2. The van der Waals surface area contributed by atoms with E-state index >= 15 is 0 Å². The lowest BCUT2D eigenvalue weighted by Gasteiger charge is -2.11. The molecule has 0 bridgehead atoms. The molecular formula is C38H22N2OS. The zero-order valence-electron chi connectivity index (χ0n) is 22.4. The van der Waals surface area contributed by atoms with Crippen molar-refractivity contribution in [3.05, 3.63) is 133 Å². The summed E-state index contributed by atoms with van der Waals surface area (Å²) in [5.74, 6) is 0.698. The van der Waals surface area contributed by atoms with Crippen LogP contribution in [0, 0.1) is 0 Å². The van der Waals surface area contributed by atoms with Crippen LogP contribution in [-0.4, -0.2) is 9.97 Å². The molecule has 0 saturated carbocycles. The highest BCUT2D eigenvalue weighted by atomic mass is 32.1. The summed E-state index contributed by atoms with van der Waals surface area (Å²) in [4.78, 5) is 10.6. The van der Waals surface area contributed by atoms with Gasteiger partial charge in [0.15, 0.2) is 11.4 Å². The van der Waals surface area contributed by atoms with E-state index in [-0.39, 0.29) is 0 Å². The van der Waals surface area contributed by atoms with E-state index in [1.807, 2.05) is 29.5 Å². The van der Waals surface area contributed by atoms with Crippen molar-refractivity contribution in [3.8, 4) is 33.8 Å². The van der Waals surface area contributed by atoms with E-state index in [9.17, 15) is 0 Å². The van der Waals surface area contributed by atoms with Crippen LogP contribution in [0.3, 0.4) is 0 Å². The second-order valence-electron chi connectivity index (χ2n) is 10.6. The van der Waals surface area contributed by atoms with E-state index in [1.165, 1.54) is 31.1 Å². The van der Waals surface area contributed by atoms with Gasteiger partial charge in [-0.15, -0.1) is 11.3 Å². The Labute approximate surface area is 245 Å². The molecule has 0 atom stereocenters. The third-order valence-electron chi connectivity index (χ3n) is 8.07. The van der Waals surface area contributed by atoms with Gasteiger partial charge in [-0.25, -0.2) is 9.97 Å². The second kappa shape index (κ2) is 9.10. The monoisotopic (exact) mass is 554 g/mol. The number of rotatable bonds is 3. The van der Waals surface area contributed by atoms with Gasteiger partial charge < -0.3 is 4.42 Å². The van der Waals surface area contributed by atoms with Crippen molar-refractivity contribution in [1.29, 1.82) is 0 Å².